The second kappa shape index (κ2) is 8.34. The predicted molar refractivity (Wildman–Crippen MR) is 108 cm³/mol. The number of aromatic nitrogens is 1. The monoisotopic (exact) mass is 433 g/mol. The van der Waals surface area contributed by atoms with Crippen LogP contribution in [-0.4, -0.2) is 51.7 Å². The van der Waals surface area contributed by atoms with E-state index in [1.165, 1.54) is 6.07 Å². The third kappa shape index (κ3) is 4.36. The summed E-state index contributed by atoms with van der Waals surface area (Å²) in [5.41, 5.74) is 1.75. The number of rotatable bonds is 5. The quantitative estimate of drug-likeness (QED) is 0.426. The number of nitrogens with one attached hydrogen (secondary N) is 2. The summed E-state index contributed by atoms with van der Waals surface area (Å²) in [4.78, 5) is 29.6. The Morgan fingerprint density at radius 3 is 2.89 bits per heavy atom. The molecular formula is C18H20BrN5O3. The van der Waals surface area contributed by atoms with Gasteiger partial charge in [0.2, 0.25) is 0 Å². The zero-order chi connectivity index (χ0) is 19.4. The Bertz CT molecular complexity index is 847. The number of carbonyl (C=O) groups excluding carboxylic acids is 1. The molecule has 1 saturated heterocycles. The van der Waals surface area contributed by atoms with Crippen LogP contribution < -0.4 is 10.6 Å². The number of carbonyl (C=O) groups is 1. The van der Waals surface area contributed by atoms with E-state index in [-0.39, 0.29) is 22.5 Å². The van der Waals surface area contributed by atoms with E-state index in [9.17, 15) is 14.9 Å². The van der Waals surface area contributed by atoms with Gasteiger partial charge in [0.1, 0.15) is 5.69 Å². The van der Waals surface area contributed by atoms with Crippen LogP contribution in [0.5, 0.6) is 0 Å². The molecule has 1 unspecified atom stereocenters. The summed E-state index contributed by atoms with van der Waals surface area (Å²) in [6, 6.07) is 8.14. The van der Waals surface area contributed by atoms with Gasteiger partial charge >= 0.3 is 0 Å². The van der Waals surface area contributed by atoms with Crippen molar-refractivity contribution < 1.29 is 9.72 Å². The summed E-state index contributed by atoms with van der Waals surface area (Å²) in [7, 11) is 1.77. The highest BCUT2D eigenvalue weighted by Gasteiger charge is 2.31. The molecule has 2 N–H and O–H groups in total. The van der Waals surface area contributed by atoms with Crippen LogP contribution in [0.2, 0.25) is 0 Å². The maximum absolute atomic E-state index is 12.9. The second-order valence-corrected chi connectivity index (χ2v) is 7.47. The number of likely N-dealkylation sites (tertiary alicyclic amines) is 1. The minimum Gasteiger partial charge on any atom is -0.387 e. The van der Waals surface area contributed by atoms with Crippen molar-refractivity contribution in [2.75, 3.05) is 30.8 Å². The molecule has 0 aliphatic carbocycles. The highest BCUT2D eigenvalue weighted by atomic mass is 79.9. The molecule has 8 nitrogen and oxygen atoms in total. The van der Waals surface area contributed by atoms with Crippen LogP contribution in [0.3, 0.4) is 0 Å². The molecular weight excluding hydrogens is 414 g/mol. The molecule has 1 aliphatic heterocycles. The van der Waals surface area contributed by atoms with E-state index in [0.717, 1.165) is 12.1 Å². The van der Waals surface area contributed by atoms with Gasteiger partial charge in [-0.2, -0.15) is 0 Å². The minimum absolute atomic E-state index is 0.0200. The van der Waals surface area contributed by atoms with Crippen molar-refractivity contribution >= 4 is 38.9 Å². The molecule has 1 aliphatic rings. The van der Waals surface area contributed by atoms with Crippen LogP contribution in [0, 0.1) is 10.1 Å². The van der Waals surface area contributed by atoms with E-state index in [1.807, 2.05) is 0 Å². The molecule has 1 aromatic carbocycles. The van der Waals surface area contributed by atoms with Gasteiger partial charge in [-0.1, -0.05) is 28.1 Å². The average Bonchev–Trinajstić information content (AvgIpc) is 2.69. The molecule has 3 rings (SSSR count). The molecule has 0 radical (unpaired) electrons. The van der Waals surface area contributed by atoms with Gasteiger partial charge in [0.15, 0.2) is 0 Å². The number of amides is 1. The first-order valence-corrected chi connectivity index (χ1v) is 9.47. The molecule has 0 spiro atoms. The van der Waals surface area contributed by atoms with Crippen molar-refractivity contribution in [1.82, 2.24) is 9.88 Å². The lowest BCUT2D eigenvalue weighted by molar-refractivity contribution is -0.384. The Morgan fingerprint density at radius 1 is 1.37 bits per heavy atom. The Labute approximate surface area is 165 Å². The van der Waals surface area contributed by atoms with Gasteiger partial charge < -0.3 is 15.5 Å². The summed E-state index contributed by atoms with van der Waals surface area (Å²) in [5, 5.41) is 17.4. The fourth-order valence-corrected chi connectivity index (χ4v) is 3.58. The normalized spacial score (nSPS) is 19.4. The molecule has 0 saturated carbocycles. The molecule has 9 heteroatoms. The van der Waals surface area contributed by atoms with Crippen LogP contribution in [0.4, 0.5) is 17.1 Å². The second-order valence-electron chi connectivity index (χ2n) is 6.29. The number of halogens is 1. The van der Waals surface area contributed by atoms with Crippen LogP contribution in [-0.2, 0) is 0 Å². The van der Waals surface area contributed by atoms with Crippen LogP contribution >= 0.6 is 15.9 Å². The van der Waals surface area contributed by atoms with E-state index >= 15 is 0 Å². The third-order valence-electron chi connectivity index (χ3n) is 4.53. The number of pyridine rings is 1. The van der Waals surface area contributed by atoms with Crippen molar-refractivity contribution in [3.05, 3.63) is 58.4 Å². The zero-order valence-corrected chi connectivity index (χ0v) is 16.3. The largest absolute Gasteiger partial charge is 0.387 e. The number of piperidine rings is 1. The highest BCUT2D eigenvalue weighted by Crippen LogP contribution is 2.28. The Kier molecular flexibility index (Phi) is 5.90. The smallest absolute Gasteiger partial charge is 0.292 e. The molecule has 2 heterocycles. The summed E-state index contributed by atoms with van der Waals surface area (Å²) >= 11 is 3.64. The SMILES string of the molecule is CNc1cncc(C(=O)N2CCC(Br)[C@H](Nc3ccccc3[N+](=O)[O-])C2)c1. The molecule has 2 aromatic rings. The number of para-hydroxylation sites is 2. The predicted octanol–water partition coefficient (Wildman–Crippen LogP) is 3.12. The van der Waals surface area contributed by atoms with Crippen molar-refractivity contribution in [1.29, 1.82) is 0 Å². The molecule has 142 valence electrons. The molecule has 1 amide bonds. The van der Waals surface area contributed by atoms with E-state index in [4.69, 9.17) is 0 Å². The van der Waals surface area contributed by atoms with Crippen molar-refractivity contribution in [3.63, 3.8) is 0 Å². The Morgan fingerprint density at radius 2 is 2.15 bits per heavy atom. The van der Waals surface area contributed by atoms with Crippen molar-refractivity contribution in [2.24, 2.45) is 0 Å². The molecule has 2 atom stereocenters. The van der Waals surface area contributed by atoms with E-state index < -0.39 is 4.92 Å². The molecule has 1 aromatic heterocycles. The summed E-state index contributed by atoms with van der Waals surface area (Å²) < 4.78 is 0. The van der Waals surface area contributed by atoms with Gasteiger partial charge in [-0.25, -0.2) is 0 Å². The number of anilines is 2. The highest BCUT2D eigenvalue weighted by molar-refractivity contribution is 9.09. The third-order valence-corrected chi connectivity index (χ3v) is 5.63. The number of nitro benzene ring substituents is 1. The van der Waals surface area contributed by atoms with Gasteiger partial charge in [-0.15, -0.1) is 0 Å². The summed E-state index contributed by atoms with van der Waals surface area (Å²) in [6.07, 6.45) is 3.94. The molecule has 27 heavy (non-hydrogen) atoms. The van der Waals surface area contributed by atoms with Gasteiger partial charge in [0, 0.05) is 43.4 Å². The Hall–Kier alpha value is -2.68. The van der Waals surface area contributed by atoms with Gasteiger partial charge in [0.25, 0.3) is 11.6 Å². The fourth-order valence-electron chi connectivity index (χ4n) is 3.07. The molecule has 0 bridgehead atoms. The van der Waals surface area contributed by atoms with Crippen LogP contribution in [0.25, 0.3) is 0 Å². The number of nitrogens with zero attached hydrogens (tertiary/aromatic N) is 3. The topological polar surface area (TPSA) is 100 Å². The maximum atomic E-state index is 12.9. The first kappa shape index (κ1) is 19.1. The van der Waals surface area contributed by atoms with Gasteiger partial charge in [0.05, 0.1) is 22.2 Å². The minimum atomic E-state index is -0.410. The van der Waals surface area contributed by atoms with E-state index in [2.05, 4.69) is 31.5 Å². The number of nitro groups is 1. The number of hydrogen-bond acceptors (Lipinski definition) is 6. The first-order valence-electron chi connectivity index (χ1n) is 8.55. The standard InChI is InChI=1S/C18H20BrN5O3/c1-20-13-8-12(9-21-10-13)18(25)23-7-6-14(19)16(11-23)22-15-4-2-3-5-17(15)24(26)27/h2-5,8-10,14,16,20,22H,6-7,11H2,1H3/t14?,16-/m1/s1. The van der Waals surface area contributed by atoms with Crippen LogP contribution in [0.15, 0.2) is 42.7 Å². The van der Waals surface area contributed by atoms with Crippen LogP contribution in [0.1, 0.15) is 16.8 Å². The van der Waals surface area contributed by atoms with Gasteiger partial charge in [-0.05, 0) is 18.6 Å². The molecule has 1 fully saturated rings. The van der Waals surface area contributed by atoms with E-state index in [1.54, 1.807) is 48.6 Å². The average molecular weight is 434 g/mol. The number of benzene rings is 1. The summed E-state index contributed by atoms with van der Waals surface area (Å²) in [6.45, 7) is 1.04. The van der Waals surface area contributed by atoms with Crippen molar-refractivity contribution in [3.8, 4) is 0 Å². The van der Waals surface area contributed by atoms with Gasteiger partial charge in [-0.3, -0.25) is 19.9 Å². The Balaban J connectivity index is 1.76. The lowest BCUT2D eigenvalue weighted by Gasteiger charge is -2.37. The fraction of sp³-hybridized carbons (Fsp3) is 0.333. The zero-order valence-electron chi connectivity index (χ0n) is 14.8. The number of alkyl halides is 1. The van der Waals surface area contributed by atoms with Crippen molar-refractivity contribution in [2.45, 2.75) is 17.3 Å². The summed E-state index contributed by atoms with van der Waals surface area (Å²) in [5.74, 6) is -0.103. The van der Waals surface area contributed by atoms with E-state index in [0.29, 0.717) is 24.3 Å². The number of hydrogen-bond donors (Lipinski definition) is 2. The first-order chi connectivity index (χ1) is 13.0. The lowest BCUT2D eigenvalue weighted by atomic mass is 10.0. The lowest BCUT2D eigenvalue weighted by Crippen LogP contribution is -2.50. The maximum Gasteiger partial charge on any atom is 0.292 e.